The highest BCUT2D eigenvalue weighted by Gasteiger charge is 2.27. The van der Waals surface area contributed by atoms with Crippen LogP contribution >= 0.6 is 0 Å². The van der Waals surface area contributed by atoms with Gasteiger partial charge >= 0.3 is 0 Å². The summed E-state index contributed by atoms with van der Waals surface area (Å²) in [6.07, 6.45) is 4.00. The maximum absolute atomic E-state index is 8.80. The van der Waals surface area contributed by atoms with Crippen molar-refractivity contribution in [2.75, 3.05) is 0 Å². The zero-order valence-corrected chi connectivity index (χ0v) is 8.44. The van der Waals surface area contributed by atoms with Gasteiger partial charge in [-0.05, 0) is 25.8 Å². The van der Waals surface area contributed by atoms with Crippen LogP contribution in [0.25, 0.3) is 11.0 Å². The molecule has 2 aromatic heterocycles. The zero-order valence-electron chi connectivity index (χ0n) is 8.44. The molecule has 0 N–H and O–H groups in total. The van der Waals surface area contributed by atoms with E-state index in [4.69, 9.17) is 5.26 Å². The van der Waals surface area contributed by atoms with E-state index in [0.717, 1.165) is 16.7 Å². The molecule has 0 aromatic carbocycles. The molecule has 0 saturated heterocycles. The molecule has 4 nitrogen and oxygen atoms in total. The van der Waals surface area contributed by atoms with Gasteiger partial charge in [0.05, 0.1) is 17.3 Å². The molecule has 4 heteroatoms. The lowest BCUT2D eigenvalue weighted by Gasteiger charge is -1.97. The van der Waals surface area contributed by atoms with Crippen molar-refractivity contribution in [2.45, 2.75) is 25.8 Å². The summed E-state index contributed by atoms with van der Waals surface area (Å²) in [5.41, 5.74) is 2.47. The first-order valence-electron chi connectivity index (χ1n) is 5.04. The van der Waals surface area contributed by atoms with Crippen LogP contribution in [-0.2, 0) is 0 Å². The average Bonchev–Trinajstić information content (AvgIpc) is 3.05. The Morgan fingerprint density at radius 2 is 2.33 bits per heavy atom. The monoisotopic (exact) mass is 198 g/mol. The number of aryl methyl sites for hydroxylation is 1. The summed E-state index contributed by atoms with van der Waals surface area (Å²) in [6, 6.07) is 4.49. The van der Waals surface area contributed by atoms with Crippen molar-refractivity contribution in [1.82, 2.24) is 14.8 Å². The molecular formula is C11H10N4. The molecular weight excluding hydrogens is 188 g/mol. The second-order valence-electron chi connectivity index (χ2n) is 3.97. The molecule has 2 heterocycles. The minimum atomic E-state index is 0.529. The topological polar surface area (TPSA) is 54.5 Å². The number of nitriles is 1. The van der Waals surface area contributed by atoms with Gasteiger partial charge in [0.25, 0.3) is 0 Å². The van der Waals surface area contributed by atoms with Gasteiger partial charge in [-0.25, -0.2) is 9.67 Å². The van der Waals surface area contributed by atoms with Crippen molar-refractivity contribution in [3.63, 3.8) is 0 Å². The Morgan fingerprint density at radius 1 is 1.53 bits per heavy atom. The van der Waals surface area contributed by atoms with Crippen LogP contribution in [0.1, 0.15) is 30.1 Å². The summed E-state index contributed by atoms with van der Waals surface area (Å²) in [4.78, 5) is 4.31. The number of hydrogen-bond donors (Lipinski definition) is 0. The first kappa shape index (κ1) is 8.42. The van der Waals surface area contributed by atoms with Crippen LogP contribution in [0.15, 0.2) is 12.3 Å². The summed E-state index contributed by atoms with van der Waals surface area (Å²) in [5, 5.41) is 14.3. The Kier molecular flexibility index (Phi) is 1.57. The van der Waals surface area contributed by atoms with E-state index in [1.807, 2.05) is 17.7 Å². The Labute approximate surface area is 87.2 Å². The van der Waals surface area contributed by atoms with Crippen molar-refractivity contribution in [2.24, 2.45) is 0 Å². The molecule has 0 radical (unpaired) electrons. The quantitative estimate of drug-likeness (QED) is 0.703. The Morgan fingerprint density at radius 3 is 3.00 bits per heavy atom. The third-order valence-corrected chi connectivity index (χ3v) is 2.75. The smallest absolute Gasteiger partial charge is 0.158 e. The SMILES string of the molecule is Cc1nn(C2CC2)c2ncc(C#N)cc12. The third kappa shape index (κ3) is 1.20. The Balaban J connectivity index is 2.29. The molecule has 1 aliphatic rings. The van der Waals surface area contributed by atoms with Crippen LogP contribution in [-0.4, -0.2) is 14.8 Å². The molecule has 74 valence electrons. The van der Waals surface area contributed by atoms with Gasteiger partial charge in [0.1, 0.15) is 6.07 Å². The van der Waals surface area contributed by atoms with Gasteiger partial charge in [-0.3, -0.25) is 0 Å². The van der Waals surface area contributed by atoms with Gasteiger partial charge in [-0.2, -0.15) is 10.4 Å². The predicted molar refractivity (Wildman–Crippen MR) is 55.3 cm³/mol. The molecule has 0 unspecified atom stereocenters. The highest BCUT2D eigenvalue weighted by atomic mass is 15.3. The summed E-state index contributed by atoms with van der Waals surface area (Å²) in [7, 11) is 0. The van der Waals surface area contributed by atoms with Crippen molar-refractivity contribution in [1.29, 1.82) is 5.26 Å². The first-order valence-corrected chi connectivity index (χ1v) is 5.04. The van der Waals surface area contributed by atoms with Crippen LogP contribution in [0.4, 0.5) is 0 Å². The number of pyridine rings is 1. The Bertz CT molecular complexity index is 572. The molecule has 3 rings (SSSR count). The molecule has 15 heavy (non-hydrogen) atoms. The van der Waals surface area contributed by atoms with E-state index in [9.17, 15) is 0 Å². The standard InChI is InChI=1S/C11H10N4/c1-7-10-4-8(5-12)6-13-11(10)15(14-7)9-2-3-9/h4,6,9H,2-3H2,1H3. The van der Waals surface area contributed by atoms with Crippen LogP contribution in [0.5, 0.6) is 0 Å². The van der Waals surface area contributed by atoms with E-state index >= 15 is 0 Å². The van der Waals surface area contributed by atoms with Crippen molar-refractivity contribution >= 4 is 11.0 Å². The van der Waals surface area contributed by atoms with Gasteiger partial charge in [0, 0.05) is 11.6 Å². The lowest BCUT2D eigenvalue weighted by Crippen LogP contribution is -1.97. The fourth-order valence-corrected chi connectivity index (χ4v) is 1.80. The van der Waals surface area contributed by atoms with Gasteiger partial charge < -0.3 is 0 Å². The predicted octanol–water partition coefficient (Wildman–Crippen LogP) is 1.95. The molecule has 0 aliphatic heterocycles. The maximum Gasteiger partial charge on any atom is 0.158 e. The van der Waals surface area contributed by atoms with E-state index in [1.165, 1.54) is 12.8 Å². The summed E-state index contributed by atoms with van der Waals surface area (Å²) in [6.45, 7) is 1.96. The number of hydrogen-bond acceptors (Lipinski definition) is 3. The molecule has 1 fully saturated rings. The fraction of sp³-hybridized carbons (Fsp3) is 0.364. The van der Waals surface area contributed by atoms with E-state index in [2.05, 4.69) is 16.2 Å². The van der Waals surface area contributed by atoms with Crippen molar-refractivity contribution < 1.29 is 0 Å². The lowest BCUT2D eigenvalue weighted by molar-refractivity contribution is 0.652. The van der Waals surface area contributed by atoms with Crippen molar-refractivity contribution in [3.8, 4) is 6.07 Å². The molecule has 2 aromatic rings. The molecule has 1 aliphatic carbocycles. The van der Waals surface area contributed by atoms with Gasteiger partial charge in [-0.15, -0.1) is 0 Å². The van der Waals surface area contributed by atoms with E-state index < -0.39 is 0 Å². The summed E-state index contributed by atoms with van der Waals surface area (Å²) in [5.74, 6) is 0. The normalized spacial score (nSPS) is 15.5. The lowest BCUT2D eigenvalue weighted by atomic mass is 10.2. The minimum Gasteiger partial charge on any atom is -0.244 e. The minimum absolute atomic E-state index is 0.529. The molecule has 0 atom stereocenters. The van der Waals surface area contributed by atoms with Gasteiger partial charge in [-0.1, -0.05) is 0 Å². The number of nitrogens with zero attached hydrogens (tertiary/aromatic N) is 4. The maximum atomic E-state index is 8.80. The Hall–Kier alpha value is -1.89. The van der Waals surface area contributed by atoms with Gasteiger partial charge in [0.2, 0.25) is 0 Å². The highest BCUT2D eigenvalue weighted by molar-refractivity contribution is 5.79. The van der Waals surface area contributed by atoms with Crippen LogP contribution < -0.4 is 0 Å². The van der Waals surface area contributed by atoms with E-state index in [1.54, 1.807) is 6.20 Å². The number of rotatable bonds is 1. The van der Waals surface area contributed by atoms with Crippen LogP contribution in [0, 0.1) is 18.3 Å². The summed E-state index contributed by atoms with van der Waals surface area (Å²) >= 11 is 0. The molecule has 0 spiro atoms. The third-order valence-electron chi connectivity index (χ3n) is 2.75. The summed E-state index contributed by atoms with van der Waals surface area (Å²) < 4.78 is 1.99. The fourth-order valence-electron chi connectivity index (χ4n) is 1.80. The molecule has 1 saturated carbocycles. The molecule has 0 bridgehead atoms. The number of fused-ring (bicyclic) bond motifs is 1. The molecule has 0 amide bonds. The van der Waals surface area contributed by atoms with Crippen LogP contribution in [0.3, 0.4) is 0 Å². The largest absolute Gasteiger partial charge is 0.244 e. The van der Waals surface area contributed by atoms with E-state index in [0.29, 0.717) is 11.6 Å². The highest BCUT2D eigenvalue weighted by Crippen LogP contribution is 2.36. The first-order chi connectivity index (χ1) is 7.29. The van der Waals surface area contributed by atoms with Crippen LogP contribution in [0.2, 0.25) is 0 Å². The number of aromatic nitrogens is 3. The average molecular weight is 198 g/mol. The second-order valence-corrected chi connectivity index (χ2v) is 3.97. The second kappa shape index (κ2) is 2.80. The zero-order chi connectivity index (χ0) is 10.4. The van der Waals surface area contributed by atoms with Gasteiger partial charge in [0.15, 0.2) is 5.65 Å². The van der Waals surface area contributed by atoms with Crippen molar-refractivity contribution in [3.05, 3.63) is 23.5 Å². The van der Waals surface area contributed by atoms with E-state index in [-0.39, 0.29) is 0 Å².